The second-order valence-corrected chi connectivity index (χ2v) is 6.09. The number of nitrogens with two attached hydrogens (primary N) is 1. The van der Waals surface area contributed by atoms with Crippen molar-refractivity contribution in [3.05, 3.63) is 34.9 Å². The van der Waals surface area contributed by atoms with Gasteiger partial charge in [0.25, 0.3) is 0 Å². The molecule has 1 heterocycles. The van der Waals surface area contributed by atoms with Crippen LogP contribution in [-0.4, -0.2) is 12.2 Å². The van der Waals surface area contributed by atoms with E-state index in [0.29, 0.717) is 5.92 Å². The smallest absolute Gasteiger partial charge is 0.0686 e. The Morgan fingerprint density at radius 2 is 2.11 bits per heavy atom. The van der Waals surface area contributed by atoms with E-state index in [-0.39, 0.29) is 11.6 Å². The van der Waals surface area contributed by atoms with Crippen molar-refractivity contribution in [3.63, 3.8) is 0 Å². The van der Waals surface area contributed by atoms with Crippen LogP contribution in [0.2, 0.25) is 5.02 Å². The monoisotopic (exact) mass is 265 g/mol. The fourth-order valence-corrected chi connectivity index (χ4v) is 3.55. The average molecular weight is 266 g/mol. The van der Waals surface area contributed by atoms with Gasteiger partial charge < -0.3 is 10.5 Å². The van der Waals surface area contributed by atoms with Crippen LogP contribution < -0.4 is 5.73 Å². The molecule has 2 N–H and O–H groups in total. The molecule has 2 fully saturated rings. The zero-order chi connectivity index (χ0) is 12.6. The maximum absolute atomic E-state index is 6.43. The Labute approximate surface area is 113 Å². The summed E-state index contributed by atoms with van der Waals surface area (Å²) in [6.45, 7) is 0.850. The summed E-state index contributed by atoms with van der Waals surface area (Å²) < 4.78 is 5.96. The minimum atomic E-state index is 0.0417. The van der Waals surface area contributed by atoms with Gasteiger partial charge in [0.05, 0.1) is 5.60 Å². The lowest BCUT2D eigenvalue weighted by Gasteiger charge is -2.48. The van der Waals surface area contributed by atoms with Crippen LogP contribution in [0, 0.1) is 5.92 Å². The Morgan fingerprint density at radius 1 is 1.33 bits per heavy atom. The van der Waals surface area contributed by atoms with Crippen molar-refractivity contribution < 1.29 is 4.74 Å². The maximum Gasteiger partial charge on any atom is 0.0686 e. The van der Waals surface area contributed by atoms with Crippen molar-refractivity contribution in [1.82, 2.24) is 0 Å². The molecule has 1 aliphatic heterocycles. The third-order valence-electron chi connectivity index (χ3n) is 4.57. The standard InChI is InChI=1S/C15H20ClNO/c16-13-5-2-1-4-12(13)14(17)11-6-9-18-15(10-11)7-3-8-15/h1-2,4-5,11,14H,3,6-10,17H2. The Kier molecular flexibility index (Phi) is 3.35. The zero-order valence-electron chi connectivity index (χ0n) is 10.6. The predicted molar refractivity (Wildman–Crippen MR) is 73.6 cm³/mol. The van der Waals surface area contributed by atoms with Gasteiger partial charge in [0, 0.05) is 17.7 Å². The summed E-state index contributed by atoms with van der Waals surface area (Å²) in [6.07, 6.45) is 5.86. The molecule has 2 nitrogen and oxygen atoms in total. The molecular formula is C15H20ClNO. The van der Waals surface area contributed by atoms with E-state index in [9.17, 15) is 0 Å². The van der Waals surface area contributed by atoms with Gasteiger partial charge in [0.2, 0.25) is 0 Å². The van der Waals surface area contributed by atoms with E-state index in [4.69, 9.17) is 22.1 Å². The van der Waals surface area contributed by atoms with Crippen molar-refractivity contribution in [2.24, 2.45) is 11.7 Å². The summed E-state index contributed by atoms with van der Waals surface area (Å²) in [7, 11) is 0. The van der Waals surface area contributed by atoms with Crippen LogP contribution in [0.15, 0.2) is 24.3 Å². The Bertz CT molecular complexity index is 430. The summed E-state index contributed by atoms with van der Waals surface area (Å²) in [5.41, 5.74) is 7.67. The third-order valence-corrected chi connectivity index (χ3v) is 4.91. The van der Waals surface area contributed by atoms with Gasteiger partial charge in [-0.1, -0.05) is 29.8 Å². The second kappa shape index (κ2) is 4.84. The van der Waals surface area contributed by atoms with Crippen LogP contribution in [0.1, 0.15) is 43.7 Å². The van der Waals surface area contributed by atoms with E-state index in [0.717, 1.165) is 30.0 Å². The largest absolute Gasteiger partial charge is 0.375 e. The van der Waals surface area contributed by atoms with Gasteiger partial charge in [-0.3, -0.25) is 0 Å². The summed E-state index contributed by atoms with van der Waals surface area (Å²) in [4.78, 5) is 0. The van der Waals surface area contributed by atoms with Crippen LogP contribution in [0.4, 0.5) is 0 Å². The van der Waals surface area contributed by atoms with Gasteiger partial charge in [-0.15, -0.1) is 0 Å². The lowest BCUT2D eigenvalue weighted by atomic mass is 9.70. The predicted octanol–water partition coefficient (Wildman–Crippen LogP) is 3.69. The molecule has 1 aromatic carbocycles. The average Bonchev–Trinajstić information content (AvgIpc) is 2.37. The van der Waals surface area contributed by atoms with Crippen LogP contribution in [0.3, 0.4) is 0 Å². The van der Waals surface area contributed by atoms with Crippen molar-refractivity contribution >= 4 is 11.6 Å². The van der Waals surface area contributed by atoms with Crippen LogP contribution >= 0.6 is 11.6 Å². The van der Waals surface area contributed by atoms with Crippen LogP contribution in [0.5, 0.6) is 0 Å². The van der Waals surface area contributed by atoms with Gasteiger partial charge in [-0.25, -0.2) is 0 Å². The lowest BCUT2D eigenvalue weighted by molar-refractivity contribution is -0.146. The van der Waals surface area contributed by atoms with Crippen LogP contribution in [0.25, 0.3) is 0 Å². The van der Waals surface area contributed by atoms with Gasteiger partial charge in [-0.05, 0) is 49.7 Å². The molecule has 1 aromatic rings. The fraction of sp³-hybridized carbons (Fsp3) is 0.600. The quantitative estimate of drug-likeness (QED) is 0.885. The SMILES string of the molecule is NC(c1ccccc1Cl)C1CCOC2(CCC2)C1. The highest BCUT2D eigenvalue weighted by atomic mass is 35.5. The second-order valence-electron chi connectivity index (χ2n) is 5.69. The number of rotatable bonds is 2. The number of hydrogen-bond donors (Lipinski definition) is 1. The molecule has 1 spiro atoms. The van der Waals surface area contributed by atoms with E-state index in [1.807, 2.05) is 18.2 Å². The molecule has 0 bridgehead atoms. The highest BCUT2D eigenvalue weighted by Gasteiger charge is 2.44. The highest BCUT2D eigenvalue weighted by molar-refractivity contribution is 6.31. The van der Waals surface area contributed by atoms with Crippen molar-refractivity contribution in [3.8, 4) is 0 Å². The summed E-state index contributed by atoms with van der Waals surface area (Å²) >= 11 is 6.25. The Morgan fingerprint density at radius 3 is 2.78 bits per heavy atom. The van der Waals surface area contributed by atoms with Gasteiger partial charge in [-0.2, -0.15) is 0 Å². The van der Waals surface area contributed by atoms with Gasteiger partial charge in [0.15, 0.2) is 0 Å². The molecule has 1 saturated heterocycles. The minimum absolute atomic E-state index is 0.0417. The first-order valence-corrected chi connectivity index (χ1v) is 7.22. The molecule has 2 unspecified atom stereocenters. The summed E-state index contributed by atoms with van der Waals surface area (Å²) in [5, 5.41) is 0.791. The van der Waals surface area contributed by atoms with E-state index < -0.39 is 0 Å². The topological polar surface area (TPSA) is 35.2 Å². The van der Waals surface area contributed by atoms with Crippen molar-refractivity contribution in [2.75, 3.05) is 6.61 Å². The fourth-order valence-electron chi connectivity index (χ4n) is 3.29. The number of ether oxygens (including phenoxy) is 1. The van der Waals surface area contributed by atoms with Crippen LogP contribution in [-0.2, 0) is 4.74 Å². The van der Waals surface area contributed by atoms with E-state index in [1.54, 1.807) is 0 Å². The van der Waals surface area contributed by atoms with Crippen molar-refractivity contribution in [1.29, 1.82) is 0 Å². The molecule has 3 heteroatoms. The van der Waals surface area contributed by atoms with Gasteiger partial charge in [0.1, 0.15) is 0 Å². The molecule has 18 heavy (non-hydrogen) atoms. The Balaban J connectivity index is 1.76. The first-order valence-electron chi connectivity index (χ1n) is 6.84. The minimum Gasteiger partial charge on any atom is -0.375 e. The lowest BCUT2D eigenvalue weighted by Crippen LogP contribution is -2.47. The molecule has 0 radical (unpaired) electrons. The highest BCUT2D eigenvalue weighted by Crippen LogP contribution is 2.47. The van der Waals surface area contributed by atoms with E-state index >= 15 is 0 Å². The number of hydrogen-bond acceptors (Lipinski definition) is 2. The maximum atomic E-state index is 6.43. The van der Waals surface area contributed by atoms with E-state index in [2.05, 4.69) is 6.07 Å². The first kappa shape index (κ1) is 12.5. The van der Waals surface area contributed by atoms with Gasteiger partial charge >= 0.3 is 0 Å². The molecule has 1 aliphatic carbocycles. The zero-order valence-corrected chi connectivity index (χ0v) is 11.3. The van der Waals surface area contributed by atoms with Crippen molar-refractivity contribution in [2.45, 2.75) is 43.7 Å². The van der Waals surface area contributed by atoms with E-state index in [1.165, 1.54) is 19.3 Å². The molecule has 3 rings (SSSR count). The molecule has 0 aromatic heterocycles. The molecule has 1 saturated carbocycles. The molecule has 0 amide bonds. The molecule has 2 atom stereocenters. The number of benzene rings is 1. The third kappa shape index (κ3) is 2.18. The number of halogens is 1. The molecular weight excluding hydrogens is 246 g/mol. The molecule has 98 valence electrons. The first-order chi connectivity index (χ1) is 8.70. The summed E-state index contributed by atoms with van der Waals surface area (Å²) in [6, 6.07) is 7.99. The Hall–Kier alpha value is -0.570. The summed E-state index contributed by atoms with van der Waals surface area (Å²) in [5.74, 6) is 0.499. The molecule has 2 aliphatic rings. The normalized spacial score (nSPS) is 27.8.